The number of hydrogen-bond donors (Lipinski definition) is 0. The van der Waals surface area contributed by atoms with Gasteiger partial charge in [0.15, 0.2) is 0 Å². The quantitative estimate of drug-likeness (QED) is 0.723. The van der Waals surface area contributed by atoms with E-state index in [9.17, 15) is 4.39 Å². The van der Waals surface area contributed by atoms with Gasteiger partial charge >= 0.3 is 0 Å². The summed E-state index contributed by atoms with van der Waals surface area (Å²) < 4.78 is 12.7. The molecule has 0 unspecified atom stereocenters. The summed E-state index contributed by atoms with van der Waals surface area (Å²) in [4.78, 5) is 0. The lowest BCUT2D eigenvalue weighted by molar-refractivity contribution is 0.628. The van der Waals surface area contributed by atoms with Crippen molar-refractivity contribution >= 4 is 29.4 Å². The molecule has 0 bridgehead atoms. The second kappa shape index (κ2) is 6.62. The molecular weight excluding hydrogens is 267 g/mol. The highest BCUT2D eigenvalue weighted by Crippen LogP contribution is 2.21. The predicted molar refractivity (Wildman–Crippen MR) is 78.2 cm³/mol. The van der Waals surface area contributed by atoms with E-state index in [1.54, 1.807) is 23.9 Å². The Bertz CT molecular complexity index is 534. The first-order chi connectivity index (χ1) is 8.75. The van der Waals surface area contributed by atoms with E-state index in [0.717, 1.165) is 21.9 Å². The molecule has 0 spiro atoms. The summed E-state index contributed by atoms with van der Waals surface area (Å²) >= 11 is 7.72. The summed E-state index contributed by atoms with van der Waals surface area (Å²) in [6, 6.07) is 14.2. The molecule has 0 aliphatic heterocycles. The van der Waals surface area contributed by atoms with Crippen molar-refractivity contribution in [3.8, 4) is 0 Å². The lowest BCUT2D eigenvalue weighted by atomic mass is 10.2. The summed E-state index contributed by atoms with van der Waals surface area (Å²) in [5.41, 5.74) is 2.11. The van der Waals surface area contributed by atoms with Gasteiger partial charge in [-0.2, -0.15) is 0 Å². The van der Waals surface area contributed by atoms with Crippen molar-refractivity contribution < 1.29 is 4.39 Å². The maximum Gasteiger partial charge on any atom is 0.123 e. The molecule has 3 heteroatoms. The molecule has 2 rings (SSSR count). The van der Waals surface area contributed by atoms with Crippen LogP contribution in [0.25, 0.3) is 6.08 Å². The fourth-order valence-electron chi connectivity index (χ4n) is 1.45. The Morgan fingerprint density at radius 3 is 2.50 bits per heavy atom. The second-order valence-corrected chi connectivity index (χ2v) is 5.06. The van der Waals surface area contributed by atoms with E-state index in [0.29, 0.717) is 0 Å². The molecule has 0 amide bonds. The van der Waals surface area contributed by atoms with E-state index in [4.69, 9.17) is 11.6 Å². The zero-order valence-corrected chi connectivity index (χ0v) is 11.2. The van der Waals surface area contributed by atoms with Crippen LogP contribution in [0, 0.1) is 5.82 Å². The highest BCUT2D eigenvalue weighted by Gasteiger charge is 1.96. The monoisotopic (exact) mass is 278 g/mol. The molecule has 0 saturated heterocycles. The molecular formula is C15H12ClFS. The Labute approximate surface area is 115 Å². The molecule has 2 aromatic rings. The third kappa shape index (κ3) is 3.90. The van der Waals surface area contributed by atoms with Crippen LogP contribution in [0.3, 0.4) is 0 Å². The van der Waals surface area contributed by atoms with Gasteiger partial charge in [0.25, 0.3) is 0 Å². The Kier molecular flexibility index (Phi) is 4.85. The Balaban J connectivity index is 1.89. The van der Waals surface area contributed by atoms with Crippen LogP contribution >= 0.6 is 23.4 Å². The van der Waals surface area contributed by atoms with Crippen molar-refractivity contribution in [1.29, 1.82) is 0 Å². The van der Waals surface area contributed by atoms with E-state index in [-0.39, 0.29) is 5.82 Å². The smallest absolute Gasteiger partial charge is 0.123 e. The van der Waals surface area contributed by atoms with Crippen molar-refractivity contribution in [3.63, 3.8) is 0 Å². The maximum atomic E-state index is 12.7. The third-order valence-corrected chi connectivity index (χ3v) is 3.60. The highest BCUT2D eigenvalue weighted by molar-refractivity contribution is 8.01. The molecule has 0 radical (unpaired) electrons. The van der Waals surface area contributed by atoms with Crippen LogP contribution in [0.4, 0.5) is 4.39 Å². The van der Waals surface area contributed by atoms with Gasteiger partial charge in [0, 0.05) is 10.8 Å². The molecule has 0 heterocycles. The number of halogens is 2. The summed E-state index contributed by atoms with van der Waals surface area (Å²) in [6.07, 6.45) is 1.96. The third-order valence-electron chi connectivity index (χ3n) is 2.42. The molecule has 0 N–H and O–H groups in total. The second-order valence-electron chi connectivity index (χ2n) is 3.76. The van der Waals surface area contributed by atoms with Gasteiger partial charge in [-0.15, -0.1) is 11.8 Å². The number of rotatable bonds is 4. The first-order valence-corrected chi connectivity index (χ1v) is 6.95. The van der Waals surface area contributed by atoms with Crippen LogP contribution in [0.5, 0.6) is 0 Å². The molecule has 2 aromatic carbocycles. The molecule has 0 aromatic heterocycles. The van der Waals surface area contributed by atoms with Crippen LogP contribution in [-0.4, -0.2) is 0 Å². The molecule has 0 atom stereocenters. The van der Waals surface area contributed by atoms with Gasteiger partial charge in [-0.1, -0.05) is 41.9 Å². The molecule has 18 heavy (non-hydrogen) atoms. The number of benzene rings is 2. The topological polar surface area (TPSA) is 0 Å². The van der Waals surface area contributed by atoms with Crippen molar-refractivity contribution in [2.24, 2.45) is 0 Å². The fraction of sp³-hybridized carbons (Fsp3) is 0.0667. The van der Waals surface area contributed by atoms with Crippen molar-refractivity contribution in [3.05, 3.63) is 75.9 Å². The van der Waals surface area contributed by atoms with E-state index in [2.05, 4.69) is 0 Å². The van der Waals surface area contributed by atoms with Crippen LogP contribution in [0.15, 0.2) is 53.9 Å². The maximum absolute atomic E-state index is 12.7. The first kappa shape index (κ1) is 13.2. The average Bonchev–Trinajstić information content (AvgIpc) is 2.39. The zero-order chi connectivity index (χ0) is 12.8. The van der Waals surface area contributed by atoms with Crippen LogP contribution < -0.4 is 0 Å². The minimum atomic E-state index is -0.212. The summed E-state index contributed by atoms with van der Waals surface area (Å²) in [5, 5.41) is 2.79. The number of hydrogen-bond acceptors (Lipinski definition) is 1. The van der Waals surface area contributed by atoms with Crippen LogP contribution in [0.1, 0.15) is 11.1 Å². The van der Waals surface area contributed by atoms with E-state index in [1.807, 2.05) is 35.7 Å². The lowest BCUT2D eigenvalue weighted by Crippen LogP contribution is -1.79. The minimum Gasteiger partial charge on any atom is -0.207 e. The zero-order valence-electron chi connectivity index (χ0n) is 9.64. The van der Waals surface area contributed by atoms with Crippen molar-refractivity contribution in [2.75, 3.05) is 0 Å². The van der Waals surface area contributed by atoms with Gasteiger partial charge in [0.2, 0.25) is 0 Å². The summed E-state index contributed by atoms with van der Waals surface area (Å²) in [7, 11) is 0. The van der Waals surface area contributed by atoms with E-state index >= 15 is 0 Å². The molecule has 92 valence electrons. The molecule has 0 fully saturated rings. The van der Waals surface area contributed by atoms with Gasteiger partial charge in [0.1, 0.15) is 5.82 Å². The van der Waals surface area contributed by atoms with E-state index in [1.165, 1.54) is 12.1 Å². The first-order valence-electron chi connectivity index (χ1n) is 5.53. The van der Waals surface area contributed by atoms with Crippen molar-refractivity contribution in [1.82, 2.24) is 0 Å². The number of thioether (sulfide) groups is 1. The summed E-state index contributed by atoms with van der Waals surface area (Å²) in [6.45, 7) is 0. The van der Waals surface area contributed by atoms with Crippen LogP contribution in [0.2, 0.25) is 5.02 Å². The van der Waals surface area contributed by atoms with E-state index < -0.39 is 0 Å². The Morgan fingerprint density at radius 1 is 1.06 bits per heavy atom. The average molecular weight is 279 g/mol. The van der Waals surface area contributed by atoms with Gasteiger partial charge < -0.3 is 0 Å². The normalized spacial score (nSPS) is 11.0. The van der Waals surface area contributed by atoms with Crippen molar-refractivity contribution in [2.45, 2.75) is 5.75 Å². The Hall–Kier alpha value is -1.25. The SMILES string of the molecule is Fc1ccc(/C=C\SCc2ccccc2Cl)cc1. The predicted octanol–water partition coefficient (Wildman–Crippen LogP) is 5.38. The molecule has 0 aliphatic carbocycles. The van der Waals surface area contributed by atoms with Gasteiger partial charge in [-0.3, -0.25) is 0 Å². The highest BCUT2D eigenvalue weighted by atomic mass is 35.5. The molecule has 0 aliphatic rings. The molecule has 0 saturated carbocycles. The van der Waals surface area contributed by atoms with Gasteiger partial charge in [0.05, 0.1) is 0 Å². The van der Waals surface area contributed by atoms with Gasteiger partial charge in [-0.25, -0.2) is 4.39 Å². The standard InChI is InChI=1S/C15H12ClFS/c16-15-4-2-1-3-13(15)11-18-10-9-12-5-7-14(17)8-6-12/h1-10H,11H2/b10-9-. The largest absolute Gasteiger partial charge is 0.207 e. The summed E-state index contributed by atoms with van der Waals surface area (Å²) in [5.74, 6) is 0.619. The van der Waals surface area contributed by atoms with Crippen LogP contribution in [-0.2, 0) is 5.75 Å². The molecule has 0 nitrogen and oxygen atoms in total. The Morgan fingerprint density at radius 2 is 1.78 bits per heavy atom. The minimum absolute atomic E-state index is 0.212. The lowest BCUT2D eigenvalue weighted by Gasteiger charge is -2.00. The van der Waals surface area contributed by atoms with Gasteiger partial charge in [-0.05, 0) is 40.8 Å². The fourth-order valence-corrected chi connectivity index (χ4v) is 2.52.